The van der Waals surface area contributed by atoms with Crippen LogP contribution in [0, 0.1) is 11.8 Å². The van der Waals surface area contributed by atoms with Gasteiger partial charge in [-0.2, -0.15) is 0 Å². The summed E-state index contributed by atoms with van der Waals surface area (Å²) in [7, 11) is 0. The predicted octanol–water partition coefficient (Wildman–Crippen LogP) is 6.88. The lowest BCUT2D eigenvalue weighted by Crippen LogP contribution is -2.22. The van der Waals surface area contributed by atoms with Crippen LogP contribution >= 0.6 is 0 Å². The number of benzene rings is 3. The lowest BCUT2D eigenvalue weighted by atomic mass is 9.91. The first kappa shape index (κ1) is 29.5. The minimum Gasteiger partial charge on any atom is -0.375 e. The average Bonchev–Trinajstić information content (AvgIpc) is 3.55. The molecule has 0 saturated carbocycles. The number of hydrogen-bond donors (Lipinski definition) is 2. The van der Waals surface area contributed by atoms with Crippen LogP contribution in [0.3, 0.4) is 0 Å². The van der Waals surface area contributed by atoms with Crippen molar-refractivity contribution < 1.29 is 0 Å². The van der Waals surface area contributed by atoms with Gasteiger partial charge in [-0.3, -0.25) is 9.97 Å². The largest absolute Gasteiger partial charge is 0.375 e. The van der Waals surface area contributed by atoms with E-state index in [0.29, 0.717) is 13.1 Å². The van der Waals surface area contributed by atoms with E-state index in [9.17, 15) is 0 Å². The molecule has 3 heterocycles. The zero-order chi connectivity index (χ0) is 30.7. The normalized spacial score (nSPS) is 11.5. The zero-order valence-electron chi connectivity index (χ0n) is 25.2. The standard InChI is InChI=1S/C38H35N7/c1-2-11-29-17-19-32(20-18-29)38(42-33-21-22-37(41-25-33)36-16-9-10-23-40-36)28-45-27-34(43-44-45)24-39-26-35(30-12-5-3-6-13-30)31-14-7-4-8-15-31/h3-10,12-23,25,27,35,38-39,42H,24,26,28H2,1H3. The maximum atomic E-state index is 4.65. The molecule has 6 rings (SSSR count). The van der Waals surface area contributed by atoms with Gasteiger partial charge in [-0.05, 0) is 60.0 Å². The Kier molecular flexibility index (Phi) is 9.66. The van der Waals surface area contributed by atoms with Gasteiger partial charge < -0.3 is 10.6 Å². The van der Waals surface area contributed by atoms with Crippen LogP contribution in [0.5, 0.6) is 0 Å². The van der Waals surface area contributed by atoms with E-state index in [1.165, 1.54) is 11.1 Å². The van der Waals surface area contributed by atoms with Crippen molar-refractivity contribution in [3.8, 4) is 23.2 Å². The number of nitrogens with one attached hydrogen (secondary N) is 2. The fraction of sp³-hybridized carbons (Fsp3) is 0.158. The third-order valence-electron chi connectivity index (χ3n) is 7.63. The summed E-state index contributed by atoms with van der Waals surface area (Å²) in [5.41, 5.74) is 8.15. The Bertz CT molecular complexity index is 1780. The molecule has 222 valence electrons. The minimum absolute atomic E-state index is 0.0702. The fourth-order valence-electron chi connectivity index (χ4n) is 5.36. The summed E-state index contributed by atoms with van der Waals surface area (Å²) in [5.74, 6) is 6.34. The van der Waals surface area contributed by atoms with Crippen LogP contribution in [-0.2, 0) is 13.1 Å². The summed E-state index contributed by atoms with van der Waals surface area (Å²) < 4.78 is 1.90. The first-order valence-electron chi connectivity index (χ1n) is 15.1. The van der Waals surface area contributed by atoms with Gasteiger partial charge in [0.25, 0.3) is 0 Å². The second-order valence-electron chi connectivity index (χ2n) is 10.8. The van der Waals surface area contributed by atoms with Gasteiger partial charge >= 0.3 is 0 Å². The molecule has 6 aromatic rings. The molecule has 0 amide bonds. The first-order chi connectivity index (χ1) is 22.2. The highest BCUT2D eigenvalue weighted by atomic mass is 15.4. The highest BCUT2D eigenvalue weighted by molar-refractivity contribution is 5.57. The van der Waals surface area contributed by atoms with E-state index in [-0.39, 0.29) is 12.0 Å². The lowest BCUT2D eigenvalue weighted by Gasteiger charge is -2.20. The molecule has 7 nitrogen and oxygen atoms in total. The van der Waals surface area contributed by atoms with E-state index >= 15 is 0 Å². The Labute approximate surface area is 264 Å². The van der Waals surface area contributed by atoms with E-state index < -0.39 is 0 Å². The average molecular weight is 590 g/mol. The molecule has 1 unspecified atom stereocenters. The van der Waals surface area contributed by atoms with Crippen molar-refractivity contribution in [3.63, 3.8) is 0 Å². The van der Waals surface area contributed by atoms with E-state index in [4.69, 9.17) is 0 Å². The Balaban J connectivity index is 1.15. The summed E-state index contributed by atoms with van der Waals surface area (Å²) in [5, 5.41) is 16.2. The van der Waals surface area contributed by atoms with Crippen molar-refractivity contribution in [1.29, 1.82) is 0 Å². The van der Waals surface area contributed by atoms with Gasteiger partial charge in [0.2, 0.25) is 0 Å². The Morgan fingerprint density at radius 2 is 1.44 bits per heavy atom. The number of aromatic nitrogens is 5. The van der Waals surface area contributed by atoms with Crippen molar-refractivity contribution >= 4 is 5.69 Å². The predicted molar refractivity (Wildman–Crippen MR) is 179 cm³/mol. The Hall–Kier alpha value is -5.58. The molecule has 0 fully saturated rings. The Morgan fingerprint density at radius 1 is 0.733 bits per heavy atom. The molecule has 0 aliphatic rings. The van der Waals surface area contributed by atoms with Gasteiger partial charge in [-0.1, -0.05) is 90.0 Å². The second-order valence-corrected chi connectivity index (χ2v) is 10.8. The van der Waals surface area contributed by atoms with Crippen molar-refractivity contribution in [2.75, 3.05) is 11.9 Å². The van der Waals surface area contributed by atoms with E-state index in [1.807, 2.05) is 54.3 Å². The molecule has 0 radical (unpaired) electrons. The Morgan fingerprint density at radius 3 is 2.09 bits per heavy atom. The smallest absolute Gasteiger partial charge is 0.0964 e. The van der Waals surface area contributed by atoms with Crippen molar-refractivity contribution in [2.45, 2.75) is 32.0 Å². The molecule has 0 saturated heterocycles. The fourth-order valence-corrected chi connectivity index (χ4v) is 5.36. The molecule has 3 aromatic heterocycles. The van der Waals surface area contributed by atoms with Crippen LogP contribution < -0.4 is 10.6 Å². The highest BCUT2D eigenvalue weighted by Crippen LogP contribution is 2.25. The monoisotopic (exact) mass is 589 g/mol. The minimum atomic E-state index is -0.0702. The van der Waals surface area contributed by atoms with Crippen molar-refractivity contribution in [2.24, 2.45) is 0 Å². The molecular weight excluding hydrogens is 554 g/mol. The van der Waals surface area contributed by atoms with Crippen molar-refractivity contribution in [1.82, 2.24) is 30.3 Å². The summed E-state index contributed by atoms with van der Waals surface area (Å²) in [6, 6.07) is 39.3. The summed E-state index contributed by atoms with van der Waals surface area (Å²) in [6.45, 7) is 3.85. The van der Waals surface area contributed by atoms with Crippen LogP contribution in [0.25, 0.3) is 11.4 Å². The van der Waals surface area contributed by atoms with E-state index in [1.54, 1.807) is 6.20 Å². The second kappa shape index (κ2) is 14.7. The van der Waals surface area contributed by atoms with Crippen LogP contribution in [0.4, 0.5) is 5.69 Å². The number of nitrogens with zero attached hydrogens (tertiary/aromatic N) is 5. The van der Waals surface area contributed by atoms with Gasteiger partial charge in [0.05, 0.1) is 41.6 Å². The molecule has 1 atom stereocenters. The van der Waals surface area contributed by atoms with Gasteiger partial charge in [-0.15, -0.1) is 11.0 Å². The summed E-state index contributed by atoms with van der Waals surface area (Å²) in [6.07, 6.45) is 5.64. The zero-order valence-corrected chi connectivity index (χ0v) is 25.2. The van der Waals surface area contributed by atoms with Gasteiger partial charge in [0, 0.05) is 37.0 Å². The molecule has 7 heteroatoms. The number of hydrogen-bond acceptors (Lipinski definition) is 6. The van der Waals surface area contributed by atoms with Crippen LogP contribution in [0.1, 0.15) is 46.8 Å². The van der Waals surface area contributed by atoms with Gasteiger partial charge in [0.15, 0.2) is 0 Å². The van der Waals surface area contributed by atoms with Crippen LogP contribution in [0.2, 0.25) is 0 Å². The SMILES string of the molecule is CC#Cc1ccc(C(Cn2cc(CNCC(c3ccccc3)c3ccccc3)nn2)Nc2ccc(-c3ccccn3)nc2)cc1. The van der Waals surface area contributed by atoms with E-state index in [2.05, 4.69) is 128 Å². The third-order valence-corrected chi connectivity index (χ3v) is 7.63. The summed E-state index contributed by atoms with van der Waals surface area (Å²) in [4.78, 5) is 9.06. The first-order valence-corrected chi connectivity index (χ1v) is 15.1. The molecule has 3 aromatic carbocycles. The molecule has 45 heavy (non-hydrogen) atoms. The van der Waals surface area contributed by atoms with Gasteiger partial charge in [0.1, 0.15) is 0 Å². The number of anilines is 1. The van der Waals surface area contributed by atoms with Crippen molar-refractivity contribution in [3.05, 3.63) is 162 Å². The van der Waals surface area contributed by atoms with Gasteiger partial charge in [-0.25, -0.2) is 4.68 Å². The number of pyridine rings is 2. The lowest BCUT2D eigenvalue weighted by molar-refractivity contribution is 0.534. The number of rotatable bonds is 12. The maximum Gasteiger partial charge on any atom is 0.0964 e. The molecule has 0 aliphatic heterocycles. The molecule has 0 spiro atoms. The molecule has 0 aliphatic carbocycles. The quantitative estimate of drug-likeness (QED) is 0.152. The highest BCUT2D eigenvalue weighted by Gasteiger charge is 2.16. The molecule has 0 bridgehead atoms. The van der Waals surface area contributed by atoms with Crippen LogP contribution in [-0.4, -0.2) is 31.5 Å². The summed E-state index contributed by atoms with van der Waals surface area (Å²) >= 11 is 0. The topological polar surface area (TPSA) is 80.5 Å². The third kappa shape index (κ3) is 7.88. The van der Waals surface area contributed by atoms with Crippen LogP contribution in [0.15, 0.2) is 134 Å². The molecule has 2 N–H and O–H groups in total. The maximum absolute atomic E-state index is 4.65. The van der Waals surface area contributed by atoms with E-state index in [0.717, 1.165) is 40.4 Å². The molecular formula is C38H35N7.